The number of fused-ring (bicyclic) bond motifs is 1. The Bertz CT molecular complexity index is 1150. The van der Waals surface area contributed by atoms with Crippen LogP contribution in [0.2, 0.25) is 0 Å². The zero-order chi connectivity index (χ0) is 24.6. The molecule has 1 saturated heterocycles. The van der Waals surface area contributed by atoms with Gasteiger partial charge in [0.05, 0.1) is 23.7 Å². The average Bonchev–Trinajstić information content (AvgIpc) is 3.23. The normalized spacial score (nSPS) is 14.3. The van der Waals surface area contributed by atoms with Crippen LogP contribution in [0.3, 0.4) is 0 Å². The highest BCUT2D eigenvalue weighted by molar-refractivity contribution is 5.96. The number of carbonyl (C=O) groups excluding carboxylic acids is 2. The predicted octanol–water partition coefficient (Wildman–Crippen LogP) is 4.45. The number of rotatable bonds is 10. The zero-order valence-electron chi connectivity index (χ0n) is 20.8. The predicted molar refractivity (Wildman–Crippen MR) is 138 cm³/mol. The molecular weight excluding hydrogens is 440 g/mol. The van der Waals surface area contributed by atoms with Crippen molar-refractivity contribution < 1.29 is 14.3 Å². The van der Waals surface area contributed by atoms with Crippen molar-refractivity contribution in [1.82, 2.24) is 19.8 Å². The van der Waals surface area contributed by atoms with Gasteiger partial charge in [-0.05, 0) is 55.9 Å². The first-order valence-corrected chi connectivity index (χ1v) is 12.7. The summed E-state index contributed by atoms with van der Waals surface area (Å²) in [6.07, 6.45) is 5.76. The summed E-state index contributed by atoms with van der Waals surface area (Å²) in [5, 5.41) is 2.98. The minimum atomic E-state index is -0.116. The molecule has 1 N–H and O–H groups in total. The monoisotopic (exact) mass is 476 g/mol. The first-order valence-electron chi connectivity index (χ1n) is 12.7. The van der Waals surface area contributed by atoms with Crippen LogP contribution in [-0.2, 0) is 17.8 Å². The van der Waals surface area contributed by atoms with Crippen molar-refractivity contribution in [1.29, 1.82) is 0 Å². The summed E-state index contributed by atoms with van der Waals surface area (Å²) in [7, 11) is 1.57. The van der Waals surface area contributed by atoms with Crippen molar-refractivity contribution in [2.75, 3.05) is 26.7 Å². The van der Waals surface area contributed by atoms with Crippen molar-refractivity contribution in [3.05, 3.63) is 59.9 Å². The Morgan fingerprint density at radius 2 is 1.77 bits per heavy atom. The Kier molecular flexibility index (Phi) is 8.40. The molecular formula is C28H36N4O3. The molecule has 2 amide bonds. The van der Waals surface area contributed by atoms with Gasteiger partial charge in [-0.1, -0.05) is 37.6 Å². The van der Waals surface area contributed by atoms with Crippen LogP contribution in [0.15, 0.2) is 48.5 Å². The van der Waals surface area contributed by atoms with Crippen LogP contribution in [0, 0.1) is 5.92 Å². The molecule has 3 aromatic rings. The van der Waals surface area contributed by atoms with E-state index in [2.05, 4.69) is 16.8 Å². The second kappa shape index (κ2) is 11.9. The Balaban J connectivity index is 1.29. The van der Waals surface area contributed by atoms with Crippen LogP contribution in [0.4, 0.5) is 0 Å². The number of hydrogen-bond acceptors (Lipinski definition) is 4. The maximum absolute atomic E-state index is 13.0. The fraction of sp³-hybridized carbons (Fsp3) is 0.464. The first kappa shape index (κ1) is 24.8. The summed E-state index contributed by atoms with van der Waals surface area (Å²) in [4.78, 5) is 32.3. The van der Waals surface area contributed by atoms with Gasteiger partial charge in [-0.3, -0.25) is 9.59 Å². The fourth-order valence-corrected chi connectivity index (χ4v) is 4.70. The number of unbranched alkanes of at least 4 members (excludes halogenated alkanes) is 2. The van der Waals surface area contributed by atoms with Crippen molar-refractivity contribution in [3.8, 4) is 5.75 Å². The summed E-state index contributed by atoms with van der Waals surface area (Å²) in [5.74, 6) is 2.30. The lowest BCUT2D eigenvalue weighted by atomic mass is 9.99. The number of nitrogens with zero attached hydrogens (tertiary/aromatic N) is 3. The van der Waals surface area contributed by atoms with Crippen molar-refractivity contribution >= 4 is 22.8 Å². The molecule has 35 heavy (non-hydrogen) atoms. The molecule has 1 fully saturated rings. The SMILES string of the molecule is COc1ccccc1C(=O)NCCCCCc1nc2ccccc2n1CC(=O)N1CCC(C)CC1. The Morgan fingerprint density at radius 3 is 2.57 bits per heavy atom. The molecule has 2 aromatic carbocycles. The third-order valence-electron chi connectivity index (χ3n) is 6.88. The van der Waals surface area contributed by atoms with Gasteiger partial charge in [-0.2, -0.15) is 0 Å². The van der Waals surface area contributed by atoms with Gasteiger partial charge in [-0.15, -0.1) is 0 Å². The quantitative estimate of drug-likeness (QED) is 0.439. The van der Waals surface area contributed by atoms with E-state index in [-0.39, 0.29) is 11.8 Å². The lowest BCUT2D eigenvalue weighted by Crippen LogP contribution is -2.39. The third-order valence-corrected chi connectivity index (χ3v) is 6.88. The van der Waals surface area contributed by atoms with Crippen LogP contribution >= 0.6 is 0 Å². The lowest BCUT2D eigenvalue weighted by Gasteiger charge is -2.30. The van der Waals surface area contributed by atoms with E-state index in [1.54, 1.807) is 19.2 Å². The number of ether oxygens (including phenoxy) is 1. The molecule has 0 unspecified atom stereocenters. The number of hydrogen-bond donors (Lipinski definition) is 1. The maximum Gasteiger partial charge on any atom is 0.255 e. The molecule has 0 spiro atoms. The molecule has 1 aliphatic rings. The molecule has 1 aliphatic heterocycles. The van der Waals surface area contributed by atoms with E-state index in [1.807, 2.05) is 41.3 Å². The molecule has 7 heteroatoms. The number of piperidine rings is 1. The molecule has 0 radical (unpaired) electrons. The molecule has 0 saturated carbocycles. The zero-order valence-corrected chi connectivity index (χ0v) is 20.8. The number of nitrogens with one attached hydrogen (secondary N) is 1. The lowest BCUT2D eigenvalue weighted by molar-refractivity contribution is -0.133. The van der Waals surface area contributed by atoms with Crippen molar-refractivity contribution in [2.45, 2.75) is 52.0 Å². The Morgan fingerprint density at radius 1 is 1.03 bits per heavy atom. The average molecular weight is 477 g/mol. The van der Waals surface area contributed by atoms with E-state index >= 15 is 0 Å². The van der Waals surface area contributed by atoms with Gasteiger partial charge < -0.3 is 19.5 Å². The van der Waals surface area contributed by atoms with Gasteiger partial charge >= 0.3 is 0 Å². The standard InChI is InChI=1S/C28H36N4O3/c1-21-15-18-31(19-16-21)27(33)20-32-24-12-7-6-11-23(24)30-26(32)14-4-3-9-17-29-28(34)22-10-5-8-13-25(22)35-2/h5-8,10-13,21H,3-4,9,14-20H2,1-2H3,(H,29,34). The number of carbonyl (C=O) groups is 2. The van der Waals surface area contributed by atoms with Gasteiger partial charge in [-0.25, -0.2) is 4.98 Å². The number of methoxy groups -OCH3 is 1. The first-order chi connectivity index (χ1) is 17.1. The van der Waals surface area contributed by atoms with Gasteiger partial charge in [0.25, 0.3) is 5.91 Å². The van der Waals surface area contributed by atoms with E-state index in [9.17, 15) is 9.59 Å². The van der Waals surface area contributed by atoms with Crippen molar-refractivity contribution in [3.63, 3.8) is 0 Å². The number of aromatic nitrogens is 2. The Labute approximate surface area is 207 Å². The second-order valence-corrected chi connectivity index (χ2v) is 9.43. The number of amides is 2. The van der Waals surface area contributed by atoms with Gasteiger partial charge in [0.15, 0.2) is 0 Å². The minimum absolute atomic E-state index is 0.116. The minimum Gasteiger partial charge on any atom is -0.496 e. The number of likely N-dealkylation sites (tertiary alicyclic amines) is 1. The summed E-state index contributed by atoms with van der Waals surface area (Å²) < 4.78 is 7.37. The van der Waals surface area contributed by atoms with E-state index < -0.39 is 0 Å². The highest BCUT2D eigenvalue weighted by Crippen LogP contribution is 2.21. The van der Waals surface area contributed by atoms with Crippen LogP contribution in [0.1, 0.15) is 55.2 Å². The summed E-state index contributed by atoms with van der Waals surface area (Å²) in [6, 6.07) is 15.3. The van der Waals surface area contributed by atoms with Crippen LogP contribution in [0.25, 0.3) is 11.0 Å². The van der Waals surface area contributed by atoms with Gasteiger partial charge in [0.1, 0.15) is 18.1 Å². The molecule has 186 valence electrons. The molecule has 0 bridgehead atoms. The highest BCUT2D eigenvalue weighted by atomic mass is 16.5. The fourth-order valence-electron chi connectivity index (χ4n) is 4.70. The Hall–Kier alpha value is -3.35. The number of para-hydroxylation sites is 3. The van der Waals surface area contributed by atoms with Crippen LogP contribution < -0.4 is 10.1 Å². The van der Waals surface area contributed by atoms with E-state index in [1.165, 1.54) is 0 Å². The topological polar surface area (TPSA) is 76.5 Å². The second-order valence-electron chi connectivity index (χ2n) is 9.43. The van der Waals surface area contributed by atoms with Crippen LogP contribution in [0.5, 0.6) is 5.75 Å². The summed E-state index contributed by atoms with van der Waals surface area (Å²) in [6.45, 7) is 4.91. The molecule has 0 aliphatic carbocycles. The number of aryl methyl sites for hydroxylation is 1. The van der Waals surface area contributed by atoms with E-state index in [0.717, 1.165) is 68.5 Å². The molecule has 4 rings (SSSR count). The smallest absolute Gasteiger partial charge is 0.255 e. The third kappa shape index (κ3) is 6.21. The number of imidazole rings is 1. The van der Waals surface area contributed by atoms with Crippen LogP contribution in [-0.4, -0.2) is 53.0 Å². The van der Waals surface area contributed by atoms with E-state index in [4.69, 9.17) is 9.72 Å². The molecule has 7 nitrogen and oxygen atoms in total. The van der Waals surface area contributed by atoms with Gasteiger partial charge in [0.2, 0.25) is 5.91 Å². The largest absolute Gasteiger partial charge is 0.496 e. The van der Waals surface area contributed by atoms with Crippen molar-refractivity contribution in [2.24, 2.45) is 5.92 Å². The maximum atomic E-state index is 13.0. The molecule has 1 aromatic heterocycles. The summed E-state index contributed by atoms with van der Waals surface area (Å²) >= 11 is 0. The van der Waals surface area contributed by atoms with Gasteiger partial charge in [0, 0.05) is 26.1 Å². The number of benzene rings is 2. The van der Waals surface area contributed by atoms with E-state index in [0.29, 0.717) is 30.3 Å². The summed E-state index contributed by atoms with van der Waals surface area (Å²) in [5.41, 5.74) is 2.51. The molecule has 0 atom stereocenters. The highest BCUT2D eigenvalue weighted by Gasteiger charge is 2.22. The molecule has 2 heterocycles.